The number of likely N-dealkylation sites (tertiary alicyclic amines) is 1. The van der Waals surface area contributed by atoms with Crippen molar-refractivity contribution in [1.29, 1.82) is 0 Å². The molecule has 1 fully saturated rings. The Morgan fingerprint density at radius 2 is 2.00 bits per heavy atom. The first-order valence-corrected chi connectivity index (χ1v) is 7.99. The standard InChI is InChI=1S/C18H24N2O/c1-2-6-15-13-19(14-15)11-5-12-20-17-8-4-3-7-16(17)9-10-18(20)21/h2-4,7-8,15H,1,5-6,9-14H2. The average molecular weight is 284 g/mol. The predicted octanol–water partition coefficient (Wildman–Crippen LogP) is 2.86. The van der Waals surface area contributed by atoms with Crippen molar-refractivity contribution < 1.29 is 4.79 Å². The minimum atomic E-state index is 0.279. The molecule has 0 aromatic heterocycles. The smallest absolute Gasteiger partial charge is 0.227 e. The van der Waals surface area contributed by atoms with Crippen molar-refractivity contribution in [2.24, 2.45) is 5.92 Å². The van der Waals surface area contributed by atoms with Gasteiger partial charge in [0.15, 0.2) is 0 Å². The highest BCUT2D eigenvalue weighted by molar-refractivity contribution is 5.96. The maximum Gasteiger partial charge on any atom is 0.227 e. The molecule has 0 atom stereocenters. The molecule has 112 valence electrons. The van der Waals surface area contributed by atoms with E-state index in [4.69, 9.17) is 0 Å². The number of aryl methyl sites for hydroxylation is 1. The van der Waals surface area contributed by atoms with Gasteiger partial charge in [-0.05, 0) is 43.4 Å². The van der Waals surface area contributed by atoms with Crippen LogP contribution in [0.25, 0.3) is 0 Å². The molecule has 0 bridgehead atoms. The Morgan fingerprint density at radius 3 is 2.81 bits per heavy atom. The average Bonchev–Trinajstić information content (AvgIpc) is 2.46. The second-order valence-corrected chi connectivity index (χ2v) is 6.18. The molecule has 1 aromatic rings. The zero-order valence-electron chi connectivity index (χ0n) is 12.6. The van der Waals surface area contributed by atoms with Gasteiger partial charge in [-0.15, -0.1) is 6.58 Å². The first kappa shape index (κ1) is 14.3. The van der Waals surface area contributed by atoms with Crippen LogP contribution in [-0.4, -0.2) is 37.0 Å². The summed E-state index contributed by atoms with van der Waals surface area (Å²) in [7, 11) is 0. The normalized spacial score (nSPS) is 19.2. The van der Waals surface area contributed by atoms with Crippen LogP contribution in [0.5, 0.6) is 0 Å². The summed E-state index contributed by atoms with van der Waals surface area (Å²) in [6.07, 6.45) is 5.75. The Kier molecular flexibility index (Phi) is 4.39. The van der Waals surface area contributed by atoms with E-state index in [1.165, 1.54) is 18.7 Å². The molecule has 1 aromatic carbocycles. The summed E-state index contributed by atoms with van der Waals surface area (Å²) in [5.74, 6) is 1.08. The van der Waals surface area contributed by atoms with Crippen molar-refractivity contribution in [2.45, 2.75) is 25.7 Å². The van der Waals surface area contributed by atoms with E-state index in [0.29, 0.717) is 6.42 Å². The quantitative estimate of drug-likeness (QED) is 0.750. The van der Waals surface area contributed by atoms with Crippen molar-refractivity contribution in [3.8, 4) is 0 Å². The van der Waals surface area contributed by atoms with Crippen molar-refractivity contribution >= 4 is 11.6 Å². The molecule has 1 amide bonds. The van der Waals surface area contributed by atoms with E-state index in [1.807, 2.05) is 17.0 Å². The topological polar surface area (TPSA) is 23.6 Å². The van der Waals surface area contributed by atoms with Gasteiger partial charge in [-0.3, -0.25) is 4.79 Å². The molecule has 1 saturated heterocycles. The van der Waals surface area contributed by atoms with Gasteiger partial charge < -0.3 is 9.80 Å². The van der Waals surface area contributed by atoms with Crippen LogP contribution in [-0.2, 0) is 11.2 Å². The lowest BCUT2D eigenvalue weighted by Crippen LogP contribution is -2.47. The third kappa shape index (κ3) is 3.18. The molecule has 3 heteroatoms. The van der Waals surface area contributed by atoms with Gasteiger partial charge in [0.1, 0.15) is 0 Å². The van der Waals surface area contributed by atoms with E-state index in [0.717, 1.165) is 44.0 Å². The van der Waals surface area contributed by atoms with Gasteiger partial charge >= 0.3 is 0 Å². The fourth-order valence-corrected chi connectivity index (χ4v) is 3.44. The molecule has 2 heterocycles. The Bertz CT molecular complexity index is 520. The monoisotopic (exact) mass is 284 g/mol. The Morgan fingerprint density at radius 1 is 1.19 bits per heavy atom. The second kappa shape index (κ2) is 6.44. The van der Waals surface area contributed by atoms with E-state index in [2.05, 4.69) is 29.7 Å². The number of rotatable bonds is 6. The molecule has 0 N–H and O–H groups in total. The van der Waals surface area contributed by atoms with Crippen LogP contribution in [0.15, 0.2) is 36.9 Å². The maximum atomic E-state index is 12.2. The molecule has 3 rings (SSSR count). The van der Waals surface area contributed by atoms with Gasteiger partial charge in [0.2, 0.25) is 5.91 Å². The van der Waals surface area contributed by atoms with Gasteiger partial charge in [0.05, 0.1) is 0 Å². The second-order valence-electron chi connectivity index (χ2n) is 6.18. The summed E-state index contributed by atoms with van der Waals surface area (Å²) >= 11 is 0. The predicted molar refractivity (Wildman–Crippen MR) is 86.5 cm³/mol. The van der Waals surface area contributed by atoms with Gasteiger partial charge in [0.25, 0.3) is 0 Å². The van der Waals surface area contributed by atoms with Crippen LogP contribution in [0.1, 0.15) is 24.8 Å². The van der Waals surface area contributed by atoms with E-state index in [-0.39, 0.29) is 5.91 Å². The van der Waals surface area contributed by atoms with Crippen molar-refractivity contribution in [1.82, 2.24) is 4.90 Å². The van der Waals surface area contributed by atoms with E-state index >= 15 is 0 Å². The van der Waals surface area contributed by atoms with Crippen LogP contribution < -0.4 is 4.90 Å². The summed E-state index contributed by atoms with van der Waals surface area (Å²) < 4.78 is 0. The van der Waals surface area contributed by atoms with Crippen molar-refractivity contribution in [3.63, 3.8) is 0 Å². The summed E-state index contributed by atoms with van der Waals surface area (Å²) in [4.78, 5) is 16.6. The van der Waals surface area contributed by atoms with Crippen LogP contribution in [0.2, 0.25) is 0 Å². The maximum absolute atomic E-state index is 12.2. The van der Waals surface area contributed by atoms with Crippen LogP contribution in [0.3, 0.4) is 0 Å². The molecule has 21 heavy (non-hydrogen) atoms. The Balaban J connectivity index is 1.49. The number of para-hydroxylation sites is 1. The minimum Gasteiger partial charge on any atom is -0.312 e. The molecular formula is C18H24N2O. The van der Waals surface area contributed by atoms with Crippen LogP contribution >= 0.6 is 0 Å². The molecule has 0 radical (unpaired) electrons. The summed E-state index contributed by atoms with van der Waals surface area (Å²) in [6, 6.07) is 8.31. The first-order chi connectivity index (χ1) is 10.3. The van der Waals surface area contributed by atoms with E-state index < -0.39 is 0 Å². The number of amides is 1. The van der Waals surface area contributed by atoms with Gasteiger partial charge in [-0.1, -0.05) is 24.3 Å². The van der Waals surface area contributed by atoms with E-state index in [9.17, 15) is 4.79 Å². The number of carbonyl (C=O) groups excluding carboxylic acids is 1. The minimum absolute atomic E-state index is 0.279. The summed E-state index contributed by atoms with van der Waals surface area (Å²) in [5.41, 5.74) is 2.44. The number of hydrogen-bond acceptors (Lipinski definition) is 2. The number of carbonyl (C=O) groups is 1. The largest absolute Gasteiger partial charge is 0.312 e. The first-order valence-electron chi connectivity index (χ1n) is 7.99. The summed E-state index contributed by atoms with van der Waals surface area (Å²) in [6.45, 7) is 8.12. The lowest BCUT2D eigenvalue weighted by Gasteiger charge is -2.39. The fraction of sp³-hybridized carbons (Fsp3) is 0.500. The molecular weight excluding hydrogens is 260 g/mol. The Hall–Kier alpha value is -1.61. The summed E-state index contributed by atoms with van der Waals surface area (Å²) in [5, 5.41) is 0. The molecule has 0 saturated carbocycles. The van der Waals surface area contributed by atoms with E-state index in [1.54, 1.807) is 0 Å². The molecule has 0 aliphatic carbocycles. The third-order valence-corrected chi connectivity index (χ3v) is 4.58. The fourth-order valence-electron chi connectivity index (χ4n) is 3.44. The SMILES string of the molecule is C=CCC1CN(CCCN2C(=O)CCc3ccccc32)C1. The molecule has 0 spiro atoms. The molecule has 2 aliphatic heterocycles. The zero-order valence-corrected chi connectivity index (χ0v) is 12.6. The lowest BCUT2D eigenvalue weighted by atomic mass is 9.96. The number of hydrogen-bond donors (Lipinski definition) is 0. The highest BCUT2D eigenvalue weighted by Gasteiger charge is 2.26. The van der Waals surface area contributed by atoms with Crippen LogP contribution in [0.4, 0.5) is 5.69 Å². The van der Waals surface area contributed by atoms with Crippen LogP contribution in [0, 0.1) is 5.92 Å². The van der Waals surface area contributed by atoms with Gasteiger partial charge in [-0.25, -0.2) is 0 Å². The molecule has 3 nitrogen and oxygen atoms in total. The molecule has 2 aliphatic rings. The van der Waals surface area contributed by atoms with Crippen molar-refractivity contribution in [3.05, 3.63) is 42.5 Å². The lowest BCUT2D eigenvalue weighted by molar-refractivity contribution is -0.118. The Labute approximate surface area is 127 Å². The highest BCUT2D eigenvalue weighted by Crippen LogP contribution is 2.27. The number of benzene rings is 1. The third-order valence-electron chi connectivity index (χ3n) is 4.58. The number of nitrogens with zero attached hydrogens (tertiary/aromatic N) is 2. The van der Waals surface area contributed by atoms with Gasteiger partial charge in [-0.2, -0.15) is 0 Å². The van der Waals surface area contributed by atoms with Crippen molar-refractivity contribution in [2.75, 3.05) is 31.1 Å². The number of allylic oxidation sites excluding steroid dienone is 1. The number of anilines is 1. The zero-order chi connectivity index (χ0) is 14.7. The highest BCUT2D eigenvalue weighted by atomic mass is 16.2. The number of fused-ring (bicyclic) bond motifs is 1. The molecule has 0 unspecified atom stereocenters. The van der Waals surface area contributed by atoms with Gasteiger partial charge in [0, 0.05) is 31.7 Å².